The number of rotatable bonds is 2. The average molecular weight is 248 g/mol. The summed E-state index contributed by atoms with van der Waals surface area (Å²) in [6.45, 7) is 0. The largest absolute Gasteiger partial charge is 0.298 e. The molecule has 2 aromatic rings. The molecule has 1 aromatic heterocycles. The number of carbonyl (C=O) groups excluding carboxylic acids is 1. The monoisotopic (exact) mass is 247 g/mol. The second-order valence-electron chi connectivity index (χ2n) is 3.17. The summed E-state index contributed by atoms with van der Waals surface area (Å²) < 4.78 is 0. The second kappa shape index (κ2) is 4.48. The predicted molar refractivity (Wildman–Crippen MR) is 64.9 cm³/mol. The maximum atomic E-state index is 10.7. The fourth-order valence-electron chi connectivity index (χ4n) is 1.38. The van der Waals surface area contributed by atoms with Gasteiger partial charge >= 0.3 is 0 Å². The fourth-order valence-corrected chi connectivity index (χ4v) is 2.41. The third kappa shape index (κ3) is 2.13. The molecule has 0 aliphatic rings. The second-order valence-corrected chi connectivity index (χ2v) is 4.69. The molecule has 78 valence electrons. The molecule has 2 nitrogen and oxygen atoms in total. The Morgan fingerprint density at radius 2 is 2.12 bits per heavy atom. The Bertz CT molecular complexity index is 583. The van der Waals surface area contributed by atoms with E-state index in [9.17, 15) is 4.79 Å². The van der Waals surface area contributed by atoms with Crippen LogP contribution in [0.5, 0.6) is 0 Å². The van der Waals surface area contributed by atoms with Gasteiger partial charge < -0.3 is 0 Å². The molecule has 0 aliphatic heterocycles. The number of nitrogens with zero attached hydrogens (tertiary/aromatic N) is 1. The van der Waals surface area contributed by atoms with E-state index in [1.165, 1.54) is 11.3 Å². The molecule has 2 rings (SSSR count). The predicted octanol–water partition coefficient (Wildman–Crippen LogP) is 3.75. The van der Waals surface area contributed by atoms with Crippen molar-refractivity contribution in [1.29, 1.82) is 5.26 Å². The maximum Gasteiger partial charge on any atom is 0.150 e. The molecule has 0 amide bonds. The summed E-state index contributed by atoms with van der Waals surface area (Å²) in [6.07, 6.45) is 0.758. The Kier molecular flexibility index (Phi) is 3.04. The Morgan fingerprint density at radius 3 is 2.75 bits per heavy atom. The topological polar surface area (TPSA) is 40.9 Å². The number of nitriles is 1. The maximum absolute atomic E-state index is 10.7. The van der Waals surface area contributed by atoms with Gasteiger partial charge in [0.05, 0.1) is 0 Å². The van der Waals surface area contributed by atoms with E-state index in [-0.39, 0.29) is 0 Å². The minimum Gasteiger partial charge on any atom is -0.298 e. The van der Waals surface area contributed by atoms with Gasteiger partial charge in [0.2, 0.25) is 0 Å². The van der Waals surface area contributed by atoms with Crippen LogP contribution in [0.3, 0.4) is 0 Å². The van der Waals surface area contributed by atoms with Gasteiger partial charge in [-0.25, -0.2) is 0 Å². The van der Waals surface area contributed by atoms with Crippen molar-refractivity contribution in [3.8, 4) is 16.5 Å². The number of hydrogen-bond acceptors (Lipinski definition) is 3. The normalized spacial score (nSPS) is 9.75. The van der Waals surface area contributed by atoms with E-state index >= 15 is 0 Å². The Balaban J connectivity index is 2.51. The van der Waals surface area contributed by atoms with Crippen molar-refractivity contribution in [2.45, 2.75) is 0 Å². The average Bonchev–Trinajstić information content (AvgIpc) is 2.76. The summed E-state index contributed by atoms with van der Waals surface area (Å²) in [4.78, 5) is 12.3. The molecule has 0 atom stereocenters. The molecule has 4 heteroatoms. The quantitative estimate of drug-likeness (QED) is 0.759. The zero-order valence-electron chi connectivity index (χ0n) is 8.11. The molecule has 1 heterocycles. The van der Waals surface area contributed by atoms with Crippen molar-refractivity contribution in [3.63, 3.8) is 0 Å². The Morgan fingerprint density at radius 1 is 1.31 bits per heavy atom. The van der Waals surface area contributed by atoms with Crippen molar-refractivity contribution < 1.29 is 4.79 Å². The Labute approximate surface area is 102 Å². The van der Waals surface area contributed by atoms with E-state index in [0.29, 0.717) is 15.5 Å². The highest BCUT2D eigenvalue weighted by Gasteiger charge is 2.05. The first-order chi connectivity index (χ1) is 7.72. The van der Waals surface area contributed by atoms with E-state index in [1.807, 2.05) is 6.07 Å². The molecular formula is C12H6ClNOS. The third-order valence-electron chi connectivity index (χ3n) is 2.06. The first kappa shape index (κ1) is 10.9. The SMILES string of the molecule is N#Cc1ccc(-c2cc(Cl)cc(C=O)c2)s1. The number of benzene rings is 1. The first-order valence-electron chi connectivity index (χ1n) is 4.49. The van der Waals surface area contributed by atoms with E-state index < -0.39 is 0 Å². The number of carbonyl (C=O) groups is 1. The zero-order valence-corrected chi connectivity index (χ0v) is 9.68. The van der Waals surface area contributed by atoms with Crippen LogP contribution in [0.25, 0.3) is 10.4 Å². The van der Waals surface area contributed by atoms with Crippen LogP contribution in [0.1, 0.15) is 15.2 Å². The lowest BCUT2D eigenvalue weighted by atomic mass is 10.1. The van der Waals surface area contributed by atoms with Gasteiger partial charge in [0, 0.05) is 15.5 Å². The van der Waals surface area contributed by atoms with Crippen molar-refractivity contribution in [3.05, 3.63) is 45.8 Å². The van der Waals surface area contributed by atoms with Gasteiger partial charge in [0.25, 0.3) is 0 Å². The lowest BCUT2D eigenvalue weighted by molar-refractivity contribution is 0.112. The summed E-state index contributed by atoms with van der Waals surface area (Å²) in [5.41, 5.74) is 1.40. The third-order valence-corrected chi connectivity index (χ3v) is 3.31. The lowest BCUT2D eigenvalue weighted by Crippen LogP contribution is -1.81. The molecule has 1 aromatic carbocycles. The summed E-state index contributed by atoms with van der Waals surface area (Å²) in [5, 5.41) is 9.25. The highest BCUT2D eigenvalue weighted by Crippen LogP contribution is 2.30. The highest BCUT2D eigenvalue weighted by atomic mass is 35.5. The molecule has 0 aliphatic carbocycles. The summed E-state index contributed by atoms with van der Waals surface area (Å²) >= 11 is 7.28. The lowest BCUT2D eigenvalue weighted by Gasteiger charge is -1.99. The van der Waals surface area contributed by atoms with Crippen molar-refractivity contribution in [1.82, 2.24) is 0 Å². The Hall–Kier alpha value is -1.63. The van der Waals surface area contributed by atoms with Crippen LogP contribution in [0.4, 0.5) is 0 Å². The molecule has 0 spiro atoms. The molecule has 0 bridgehead atoms. The summed E-state index contributed by atoms with van der Waals surface area (Å²) in [5.74, 6) is 0. The van der Waals surface area contributed by atoms with Crippen LogP contribution in [-0.4, -0.2) is 6.29 Å². The molecule has 0 radical (unpaired) electrons. The number of thiophene rings is 1. The van der Waals surface area contributed by atoms with Gasteiger partial charge in [0.1, 0.15) is 17.2 Å². The number of hydrogen-bond donors (Lipinski definition) is 0. The van der Waals surface area contributed by atoms with Gasteiger partial charge in [-0.05, 0) is 35.9 Å². The van der Waals surface area contributed by atoms with Crippen LogP contribution < -0.4 is 0 Å². The van der Waals surface area contributed by atoms with Crippen LogP contribution >= 0.6 is 22.9 Å². The molecule has 0 fully saturated rings. The summed E-state index contributed by atoms with van der Waals surface area (Å²) in [6, 6.07) is 10.8. The molecule has 0 unspecified atom stereocenters. The van der Waals surface area contributed by atoms with E-state index in [1.54, 1.807) is 24.3 Å². The van der Waals surface area contributed by atoms with Gasteiger partial charge in [0.15, 0.2) is 0 Å². The van der Waals surface area contributed by atoms with Gasteiger partial charge in [-0.15, -0.1) is 11.3 Å². The van der Waals surface area contributed by atoms with Crippen LogP contribution in [-0.2, 0) is 0 Å². The van der Waals surface area contributed by atoms with Gasteiger partial charge in [-0.2, -0.15) is 5.26 Å². The van der Waals surface area contributed by atoms with E-state index in [2.05, 4.69) is 6.07 Å². The smallest absolute Gasteiger partial charge is 0.150 e. The number of aldehydes is 1. The van der Waals surface area contributed by atoms with Crippen LogP contribution in [0.15, 0.2) is 30.3 Å². The van der Waals surface area contributed by atoms with Crippen molar-refractivity contribution in [2.24, 2.45) is 0 Å². The van der Waals surface area contributed by atoms with Crippen molar-refractivity contribution in [2.75, 3.05) is 0 Å². The van der Waals surface area contributed by atoms with Gasteiger partial charge in [-0.3, -0.25) is 4.79 Å². The summed E-state index contributed by atoms with van der Waals surface area (Å²) in [7, 11) is 0. The number of halogens is 1. The standard InChI is InChI=1S/C12H6ClNOS/c13-10-4-8(7-15)3-9(5-10)12-2-1-11(6-14)16-12/h1-5,7H. The minimum absolute atomic E-state index is 0.520. The van der Waals surface area contributed by atoms with E-state index in [0.717, 1.165) is 16.7 Å². The molecule has 0 saturated heterocycles. The van der Waals surface area contributed by atoms with Crippen LogP contribution in [0.2, 0.25) is 5.02 Å². The van der Waals surface area contributed by atoms with Crippen LogP contribution in [0, 0.1) is 11.3 Å². The van der Waals surface area contributed by atoms with Gasteiger partial charge in [-0.1, -0.05) is 11.6 Å². The van der Waals surface area contributed by atoms with E-state index in [4.69, 9.17) is 16.9 Å². The fraction of sp³-hybridized carbons (Fsp3) is 0. The minimum atomic E-state index is 0.520. The molecule has 0 N–H and O–H groups in total. The first-order valence-corrected chi connectivity index (χ1v) is 5.68. The molecular weight excluding hydrogens is 242 g/mol. The van der Waals surface area contributed by atoms with Crippen molar-refractivity contribution >= 4 is 29.2 Å². The molecule has 0 saturated carbocycles. The highest BCUT2D eigenvalue weighted by molar-refractivity contribution is 7.16. The molecule has 16 heavy (non-hydrogen) atoms. The zero-order chi connectivity index (χ0) is 11.5.